The molecule has 3 amide bonds. The lowest BCUT2D eigenvalue weighted by Crippen LogP contribution is -2.48. The number of carbonyl (C=O) groups is 3. The molecular weight excluding hydrogens is 611 g/mol. The molecule has 2 aromatic rings. The molecule has 0 spiro atoms. The lowest BCUT2D eigenvalue weighted by molar-refractivity contribution is -0.167. The van der Waals surface area contributed by atoms with Crippen LogP contribution in [-0.4, -0.2) is 53.5 Å². The molecule has 47 heavy (non-hydrogen) atoms. The van der Waals surface area contributed by atoms with Crippen LogP contribution in [0.1, 0.15) is 90.0 Å². The Morgan fingerprint density at radius 3 is 2.36 bits per heavy atom. The summed E-state index contributed by atoms with van der Waals surface area (Å²) in [6.07, 6.45) is -4.41. The molecule has 1 heterocycles. The number of nitrogens with one attached hydrogen (secondary N) is 2. The summed E-state index contributed by atoms with van der Waals surface area (Å²) in [5, 5.41) is 4.80. The number of amides is 3. The van der Waals surface area contributed by atoms with Crippen LogP contribution >= 0.6 is 0 Å². The SMILES string of the molecule is CC#CCCc1cc(NC(=O)C(F)(F)F)ccc1C[C@H](NC(=O)OC(C)(C)C)[C@H]1CN(C2(c3cccc(C(C)(C)C)c3)CC2)C(=O)O1. The highest BCUT2D eigenvalue weighted by molar-refractivity contribution is 5.95. The summed E-state index contributed by atoms with van der Waals surface area (Å²) in [6.45, 7) is 13.5. The van der Waals surface area contributed by atoms with E-state index in [0.717, 1.165) is 24.0 Å². The van der Waals surface area contributed by atoms with Crippen LogP contribution in [0.3, 0.4) is 0 Å². The van der Waals surface area contributed by atoms with Crippen LogP contribution in [0.25, 0.3) is 0 Å². The second kappa shape index (κ2) is 13.5. The van der Waals surface area contributed by atoms with E-state index in [2.05, 4.69) is 50.1 Å². The topological polar surface area (TPSA) is 97.0 Å². The third kappa shape index (κ3) is 8.99. The van der Waals surface area contributed by atoms with Gasteiger partial charge >= 0.3 is 24.3 Å². The number of cyclic esters (lactones) is 1. The Morgan fingerprint density at radius 1 is 1.06 bits per heavy atom. The van der Waals surface area contributed by atoms with Gasteiger partial charge in [-0.1, -0.05) is 51.1 Å². The first kappa shape index (κ1) is 35.7. The molecule has 11 heteroatoms. The lowest BCUT2D eigenvalue weighted by atomic mass is 9.85. The highest BCUT2D eigenvalue weighted by Crippen LogP contribution is 2.53. The van der Waals surface area contributed by atoms with Gasteiger partial charge < -0.3 is 20.1 Å². The van der Waals surface area contributed by atoms with Gasteiger partial charge in [0.25, 0.3) is 0 Å². The summed E-state index contributed by atoms with van der Waals surface area (Å²) in [5.74, 6) is 3.69. The maximum absolute atomic E-state index is 13.5. The molecule has 2 aromatic carbocycles. The van der Waals surface area contributed by atoms with Crippen molar-refractivity contribution in [2.75, 3.05) is 11.9 Å². The average molecular weight is 656 g/mol. The normalized spacial score (nSPS) is 18.0. The fourth-order valence-electron chi connectivity index (χ4n) is 5.78. The Labute approximate surface area is 274 Å². The van der Waals surface area contributed by atoms with E-state index in [1.54, 1.807) is 38.7 Å². The van der Waals surface area contributed by atoms with E-state index < -0.39 is 47.6 Å². The van der Waals surface area contributed by atoms with Crippen molar-refractivity contribution in [1.29, 1.82) is 0 Å². The molecule has 0 unspecified atom stereocenters. The zero-order valence-corrected chi connectivity index (χ0v) is 28.1. The summed E-state index contributed by atoms with van der Waals surface area (Å²) in [7, 11) is 0. The first-order valence-corrected chi connectivity index (χ1v) is 15.8. The molecule has 2 aliphatic rings. The van der Waals surface area contributed by atoms with Crippen LogP contribution in [0.2, 0.25) is 0 Å². The maximum Gasteiger partial charge on any atom is 0.471 e. The number of nitrogens with zero attached hydrogens (tertiary/aromatic N) is 1. The fourth-order valence-corrected chi connectivity index (χ4v) is 5.78. The summed E-state index contributed by atoms with van der Waals surface area (Å²) >= 11 is 0. The van der Waals surface area contributed by atoms with Gasteiger partial charge in [0.05, 0.1) is 18.1 Å². The summed E-state index contributed by atoms with van der Waals surface area (Å²) in [6, 6.07) is 12.0. The fraction of sp³-hybridized carbons (Fsp3) is 0.528. The summed E-state index contributed by atoms with van der Waals surface area (Å²) in [5.41, 5.74) is 2.15. The number of ether oxygens (including phenoxy) is 2. The summed E-state index contributed by atoms with van der Waals surface area (Å²) < 4.78 is 50.3. The molecule has 1 aliphatic carbocycles. The van der Waals surface area contributed by atoms with E-state index in [0.29, 0.717) is 24.0 Å². The van der Waals surface area contributed by atoms with Gasteiger partial charge in [-0.05, 0) is 93.2 Å². The van der Waals surface area contributed by atoms with Gasteiger partial charge in [0.15, 0.2) is 0 Å². The molecule has 4 rings (SSSR count). The van der Waals surface area contributed by atoms with Crippen molar-refractivity contribution in [2.45, 2.75) is 115 Å². The molecule has 1 saturated heterocycles. The zero-order valence-electron chi connectivity index (χ0n) is 28.1. The van der Waals surface area contributed by atoms with Gasteiger partial charge in [-0.25, -0.2) is 9.59 Å². The number of anilines is 1. The lowest BCUT2D eigenvalue weighted by Gasteiger charge is -2.29. The molecule has 0 bridgehead atoms. The largest absolute Gasteiger partial charge is 0.471 e. The molecule has 254 valence electrons. The molecule has 8 nitrogen and oxygen atoms in total. The van der Waals surface area contributed by atoms with E-state index in [9.17, 15) is 27.6 Å². The molecule has 2 fully saturated rings. The standard InChI is InChI=1S/C36H44F3N3O5/c1-8-9-10-12-23-19-27(40-30(43)36(37,38)39)16-15-24(23)20-28(41-31(44)47-34(5,6)7)29-22-42(32(45)46-29)35(17-18-35)26-14-11-13-25(21-26)33(2,3)4/h11,13-16,19,21,28-29H,10,12,17-18,20,22H2,1-7H3,(H,40,43)(H,41,44)/t28-,29+/m0/s1. The first-order chi connectivity index (χ1) is 21.8. The first-order valence-electron chi connectivity index (χ1n) is 15.8. The van der Waals surface area contributed by atoms with Crippen molar-refractivity contribution >= 4 is 23.8 Å². The Kier molecular flexibility index (Phi) is 10.2. The van der Waals surface area contributed by atoms with E-state index >= 15 is 0 Å². The van der Waals surface area contributed by atoms with Gasteiger partial charge in [-0.3, -0.25) is 9.69 Å². The minimum Gasteiger partial charge on any atom is -0.444 e. The number of benzene rings is 2. The smallest absolute Gasteiger partial charge is 0.444 e. The molecule has 0 aromatic heterocycles. The number of alkyl halides is 3. The molecule has 1 saturated carbocycles. The van der Waals surface area contributed by atoms with E-state index in [1.165, 1.54) is 12.1 Å². The molecular formula is C36H44F3N3O5. The second-order valence-corrected chi connectivity index (χ2v) is 14.2. The van der Waals surface area contributed by atoms with Crippen LogP contribution in [0.15, 0.2) is 42.5 Å². The second-order valence-electron chi connectivity index (χ2n) is 14.2. The van der Waals surface area contributed by atoms with E-state index in [1.807, 2.05) is 17.4 Å². The third-order valence-electron chi connectivity index (χ3n) is 8.35. The number of aryl methyl sites for hydroxylation is 1. The number of hydrogen-bond donors (Lipinski definition) is 2. The van der Waals surface area contributed by atoms with Crippen molar-refractivity contribution < 1.29 is 37.0 Å². The predicted octanol–water partition coefficient (Wildman–Crippen LogP) is 7.39. The van der Waals surface area contributed by atoms with Crippen LogP contribution in [0.4, 0.5) is 28.4 Å². The minimum absolute atomic E-state index is 0.0150. The maximum atomic E-state index is 13.5. The van der Waals surface area contributed by atoms with E-state index in [-0.39, 0.29) is 24.1 Å². The highest BCUT2D eigenvalue weighted by atomic mass is 19.4. The van der Waals surface area contributed by atoms with Crippen LogP contribution < -0.4 is 10.6 Å². The van der Waals surface area contributed by atoms with Gasteiger partial charge in [-0.2, -0.15) is 13.2 Å². The van der Waals surface area contributed by atoms with Gasteiger partial charge in [0, 0.05) is 12.1 Å². The molecule has 2 atom stereocenters. The highest BCUT2D eigenvalue weighted by Gasteiger charge is 2.56. The zero-order chi connectivity index (χ0) is 34.8. The van der Waals surface area contributed by atoms with Gasteiger partial charge in [0.1, 0.15) is 11.7 Å². The molecule has 1 aliphatic heterocycles. The molecule has 0 radical (unpaired) electrons. The van der Waals surface area contributed by atoms with Crippen LogP contribution in [0.5, 0.6) is 0 Å². The Bertz CT molecular complexity index is 1560. The number of alkyl carbamates (subject to hydrolysis) is 1. The van der Waals surface area contributed by atoms with Crippen molar-refractivity contribution in [3.8, 4) is 11.8 Å². The molecule has 2 N–H and O–H groups in total. The van der Waals surface area contributed by atoms with Crippen molar-refractivity contribution in [2.24, 2.45) is 0 Å². The number of rotatable bonds is 9. The van der Waals surface area contributed by atoms with Gasteiger partial charge in [-0.15, -0.1) is 11.8 Å². The Balaban J connectivity index is 1.64. The average Bonchev–Trinajstić information content (AvgIpc) is 3.67. The minimum atomic E-state index is -5.04. The van der Waals surface area contributed by atoms with E-state index in [4.69, 9.17) is 9.47 Å². The summed E-state index contributed by atoms with van der Waals surface area (Å²) in [4.78, 5) is 39.9. The van der Waals surface area contributed by atoms with Crippen molar-refractivity contribution in [3.63, 3.8) is 0 Å². The predicted molar refractivity (Wildman–Crippen MR) is 173 cm³/mol. The number of halogens is 3. The van der Waals surface area contributed by atoms with Crippen LogP contribution in [-0.2, 0) is 38.1 Å². The Morgan fingerprint density at radius 2 is 1.77 bits per heavy atom. The van der Waals surface area contributed by atoms with Crippen molar-refractivity contribution in [1.82, 2.24) is 10.2 Å². The monoisotopic (exact) mass is 655 g/mol. The quantitative estimate of drug-likeness (QED) is 0.275. The van der Waals surface area contributed by atoms with Crippen LogP contribution in [0, 0.1) is 11.8 Å². The van der Waals surface area contributed by atoms with Crippen molar-refractivity contribution in [3.05, 3.63) is 64.7 Å². The number of carbonyl (C=O) groups excluding carboxylic acids is 3. The Hall–Kier alpha value is -4.20. The van der Waals surface area contributed by atoms with Gasteiger partial charge in [0.2, 0.25) is 0 Å². The third-order valence-corrected chi connectivity index (χ3v) is 8.35. The number of hydrogen-bond acceptors (Lipinski definition) is 5.